The van der Waals surface area contributed by atoms with Gasteiger partial charge in [0.1, 0.15) is 6.61 Å². The van der Waals surface area contributed by atoms with Crippen molar-refractivity contribution in [1.82, 2.24) is 4.98 Å². The lowest BCUT2D eigenvalue weighted by Crippen LogP contribution is -2.49. The maximum atomic E-state index is 14.4. The molecule has 1 aromatic rings. The third-order valence-corrected chi connectivity index (χ3v) is 9.36. The second-order valence-electron chi connectivity index (χ2n) is 7.95. The minimum atomic E-state index is -1.98. The zero-order valence-corrected chi connectivity index (χ0v) is 18.1. The highest BCUT2D eigenvalue weighted by atomic mass is 79.9. The molecule has 0 saturated carbocycles. The van der Waals surface area contributed by atoms with Gasteiger partial charge in [-0.05, 0) is 38.0 Å². The average Bonchev–Trinajstić information content (AvgIpc) is 2.43. The summed E-state index contributed by atoms with van der Waals surface area (Å²) in [6, 6.07) is 1.35. The van der Waals surface area contributed by atoms with Crippen LogP contribution in [0, 0.1) is 5.82 Å². The van der Waals surface area contributed by atoms with Gasteiger partial charge in [-0.1, -0.05) is 36.7 Å². The van der Waals surface area contributed by atoms with Crippen molar-refractivity contribution < 1.29 is 18.3 Å². The van der Waals surface area contributed by atoms with Crippen molar-refractivity contribution in [2.24, 2.45) is 0 Å². The van der Waals surface area contributed by atoms with E-state index in [1.165, 1.54) is 12.3 Å². The van der Waals surface area contributed by atoms with Crippen molar-refractivity contribution in [2.45, 2.75) is 58.4 Å². The van der Waals surface area contributed by atoms with Gasteiger partial charge in [0, 0.05) is 6.20 Å². The number of carbonyl (C=O) groups excluding carboxylic acids is 1. The second-order valence-corrected chi connectivity index (χ2v) is 13.2. The summed E-state index contributed by atoms with van der Waals surface area (Å²) >= 11 is 3.04. The van der Waals surface area contributed by atoms with Crippen molar-refractivity contribution in [3.8, 4) is 5.88 Å². The van der Waals surface area contributed by atoms with E-state index >= 15 is 0 Å². The fourth-order valence-electron chi connectivity index (χ4n) is 1.93. The molecule has 0 radical (unpaired) electrons. The summed E-state index contributed by atoms with van der Waals surface area (Å²) in [6.45, 7) is 14.8. The van der Waals surface area contributed by atoms with Gasteiger partial charge in [0.15, 0.2) is 19.9 Å². The van der Waals surface area contributed by atoms with Crippen LogP contribution in [-0.4, -0.2) is 36.6 Å². The monoisotopic (exact) mass is 419 g/mol. The molecule has 24 heavy (non-hydrogen) atoms. The molecule has 0 aromatic carbocycles. The van der Waals surface area contributed by atoms with Crippen molar-refractivity contribution in [1.29, 1.82) is 0 Å². The van der Waals surface area contributed by atoms with E-state index in [9.17, 15) is 9.18 Å². The Morgan fingerprint density at radius 3 is 2.38 bits per heavy atom. The van der Waals surface area contributed by atoms with E-state index in [2.05, 4.69) is 54.8 Å². The number of Topliss-reactive ketones (excluding diaryl/α,β-unsaturated/α-hetero) is 1. The Kier molecular flexibility index (Phi) is 6.75. The van der Waals surface area contributed by atoms with Gasteiger partial charge >= 0.3 is 0 Å². The molecule has 1 rings (SSSR count). The zero-order valence-electron chi connectivity index (χ0n) is 15.5. The molecular weight excluding hydrogens is 393 g/mol. The number of halogens is 2. The first-order chi connectivity index (χ1) is 10.8. The quantitative estimate of drug-likeness (QED) is 0.355. The number of aromatic nitrogens is 1. The van der Waals surface area contributed by atoms with Crippen LogP contribution in [0.15, 0.2) is 12.3 Å². The number of hydrogen-bond acceptors (Lipinski definition) is 4. The van der Waals surface area contributed by atoms with Crippen molar-refractivity contribution in [2.75, 3.05) is 11.9 Å². The van der Waals surface area contributed by atoms with Crippen LogP contribution in [-0.2, 0) is 4.43 Å². The van der Waals surface area contributed by atoms with Gasteiger partial charge in [-0.15, -0.1) is 0 Å². The van der Waals surface area contributed by atoms with E-state index < -0.39 is 19.7 Å². The van der Waals surface area contributed by atoms with Crippen LogP contribution in [0.4, 0.5) is 4.39 Å². The number of ether oxygens (including phenoxy) is 1. The van der Waals surface area contributed by atoms with E-state index in [1.54, 1.807) is 0 Å². The molecule has 1 heterocycles. The third kappa shape index (κ3) is 5.36. The normalized spacial score (nSPS) is 13.0. The van der Waals surface area contributed by atoms with E-state index in [0.29, 0.717) is 0 Å². The highest BCUT2D eigenvalue weighted by Gasteiger charge is 2.41. The SMILES string of the molecule is CC(C)(COc1nccc(C(=O)CBr)c1F)O[Si](C)(C)C(C)(C)C. The molecule has 0 amide bonds. The Morgan fingerprint density at radius 2 is 1.88 bits per heavy atom. The maximum Gasteiger partial charge on any atom is 0.251 e. The molecule has 0 aliphatic carbocycles. The molecule has 0 saturated heterocycles. The van der Waals surface area contributed by atoms with Gasteiger partial charge in [0.2, 0.25) is 0 Å². The van der Waals surface area contributed by atoms with Crippen LogP contribution < -0.4 is 4.74 Å². The summed E-state index contributed by atoms with van der Waals surface area (Å²) in [6.07, 6.45) is 1.37. The number of hydrogen-bond donors (Lipinski definition) is 0. The average molecular weight is 420 g/mol. The maximum absolute atomic E-state index is 14.4. The number of pyridine rings is 1. The molecule has 1 aromatic heterocycles. The lowest BCUT2D eigenvalue weighted by atomic mass is 10.1. The van der Waals surface area contributed by atoms with Crippen LogP contribution in [0.3, 0.4) is 0 Å². The van der Waals surface area contributed by atoms with Gasteiger partial charge in [-0.25, -0.2) is 9.37 Å². The van der Waals surface area contributed by atoms with E-state index in [-0.39, 0.29) is 34.2 Å². The summed E-state index contributed by atoms with van der Waals surface area (Å²) in [4.78, 5) is 15.6. The first-order valence-corrected chi connectivity index (χ1v) is 11.9. The molecule has 0 spiro atoms. The van der Waals surface area contributed by atoms with Gasteiger partial charge in [-0.2, -0.15) is 0 Å². The van der Waals surface area contributed by atoms with Gasteiger partial charge in [0.25, 0.3) is 5.88 Å². The Morgan fingerprint density at radius 1 is 1.29 bits per heavy atom. The highest BCUT2D eigenvalue weighted by Crippen LogP contribution is 2.39. The summed E-state index contributed by atoms with van der Waals surface area (Å²) < 4.78 is 26.2. The fourth-order valence-corrected chi connectivity index (χ4v) is 3.98. The first kappa shape index (κ1) is 21.2. The zero-order chi connectivity index (χ0) is 18.8. The largest absolute Gasteiger partial charge is 0.473 e. The van der Waals surface area contributed by atoms with E-state index in [4.69, 9.17) is 9.16 Å². The topological polar surface area (TPSA) is 48.4 Å². The first-order valence-electron chi connectivity index (χ1n) is 7.87. The highest BCUT2D eigenvalue weighted by molar-refractivity contribution is 9.09. The molecule has 0 atom stereocenters. The fraction of sp³-hybridized carbons (Fsp3) is 0.647. The van der Waals surface area contributed by atoms with Gasteiger partial charge in [0.05, 0.1) is 16.5 Å². The summed E-state index contributed by atoms with van der Waals surface area (Å²) in [7, 11) is -1.98. The van der Waals surface area contributed by atoms with Crippen molar-refractivity contribution >= 4 is 30.0 Å². The number of carbonyl (C=O) groups is 1. The third-order valence-electron chi connectivity index (χ3n) is 4.17. The Labute approximate surface area is 153 Å². The predicted octanol–water partition coefficient (Wildman–Crippen LogP) is 4.98. The number of ketones is 1. The van der Waals surface area contributed by atoms with Crippen molar-refractivity contribution in [3.63, 3.8) is 0 Å². The molecule has 0 unspecified atom stereocenters. The number of nitrogens with zero attached hydrogens (tertiary/aromatic N) is 1. The van der Waals surface area contributed by atoms with E-state index in [1.807, 2.05) is 13.8 Å². The smallest absolute Gasteiger partial charge is 0.251 e. The van der Waals surface area contributed by atoms with E-state index in [0.717, 1.165) is 0 Å². The molecule has 0 aliphatic heterocycles. The molecule has 0 fully saturated rings. The minimum absolute atomic E-state index is 0.0278. The van der Waals surface area contributed by atoms with Crippen LogP contribution in [0.1, 0.15) is 45.0 Å². The predicted molar refractivity (Wildman–Crippen MR) is 100 cm³/mol. The van der Waals surface area contributed by atoms with Crippen LogP contribution >= 0.6 is 15.9 Å². The molecular formula is C17H27BrFNO3Si. The van der Waals surface area contributed by atoms with Crippen LogP contribution in [0.25, 0.3) is 0 Å². The minimum Gasteiger partial charge on any atom is -0.473 e. The standard InChI is InChI=1S/C17H27BrFNO3Si/c1-16(2,3)24(6,7)23-17(4,5)11-22-15-14(19)12(8-9-20-15)13(21)10-18/h8-9H,10-11H2,1-7H3. The number of alkyl halides is 1. The second kappa shape index (κ2) is 7.62. The summed E-state index contributed by atoms with van der Waals surface area (Å²) in [5, 5.41) is 0.114. The lowest BCUT2D eigenvalue weighted by molar-refractivity contribution is 0.0359. The molecule has 4 nitrogen and oxygen atoms in total. The van der Waals surface area contributed by atoms with Gasteiger partial charge < -0.3 is 9.16 Å². The van der Waals surface area contributed by atoms with Crippen LogP contribution in [0.5, 0.6) is 5.88 Å². The lowest BCUT2D eigenvalue weighted by Gasteiger charge is -2.42. The molecule has 0 N–H and O–H groups in total. The number of rotatable bonds is 7. The molecule has 7 heteroatoms. The van der Waals surface area contributed by atoms with Gasteiger partial charge in [-0.3, -0.25) is 4.79 Å². The Bertz CT molecular complexity index is 600. The molecule has 0 bridgehead atoms. The summed E-state index contributed by atoms with van der Waals surface area (Å²) in [5.74, 6) is -1.25. The summed E-state index contributed by atoms with van der Waals surface area (Å²) in [5.41, 5.74) is -0.618. The Balaban J connectivity index is 2.87. The molecule has 136 valence electrons. The Hall–Kier alpha value is -0.793. The van der Waals surface area contributed by atoms with Crippen molar-refractivity contribution in [3.05, 3.63) is 23.6 Å². The van der Waals surface area contributed by atoms with Crippen LogP contribution in [0.2, 0.25) is 18.1 Å². The molecule has 0 aliphatic rings.